The summed E-state index contributed by atoms with van der Waals surface area (Å²) in [5, 5.41) is 10.8. The van der Waals surface area contributed by atoms with E-state index >= 15 is 0 Å². The maximum absolute atomic E-state index is 10.3. The summed E-state index contributed by atoms with van der Waals surface area (Å²) in [7, 11) is 1.09. The van der Waals surface area contributed by atoms with E-state index in [1.165, 1.54) is 18.2 Å². The fourth-order valence-corrected chi connectivity index (χ4v) is 1.85. The minimum absolute atomic E-state index is 0.0240. The molecule has 0 aliphatic heterocycles. The van der Waals surface area contributed by atoms with E-state index in [1.807, 2.05) is 0 Å². The van der Waals surface area contributed by atoms with Crippen LogP contribution in [0.15, 0.2) is 23.1 Å². The van der Waals surface area contributed by atoms with Crippen molar-refractivity contribution >= 4 is 39.7 Å². The highest BCUT2D eigenvalue weighted by Crippen LogP contribution is 2.32. The Morgan fingerprint density at radius 2 is 2.25 bits per heavy atom. The first-order valence-corrected chi connectivity index (χ1v) is 5.15. The van der Waals surface area contributed by atoms with Gasteiger partial charge in [-0.1, -0.05) is 22.4 Å². The van der Waals surface area contributed by atoms with Gasteiger partial charge in [0.2, 0.25) is 0 Å². The third-order valence-corrected chi connectivity index (χ3v) is 2.79. The lowest BCUT2D eigenvalue weighted by atomic mass is 10.3. The molecule has 0 radical (unpaired) electrons. The van der Waals surface area contributed by atoms with Crippen LogP contribution < -0.4 is 0 Å². The number of non-ortho nitro benzene ring substituents is 1. The molecule has 0 bridgehead atoms. The molecule has 12 heavy (non-hydrogen) atoms. The quantitative estimate of drug-likeness (QED) is 0.361. The second kappa shape index (κ2) is 4.02. The van der Waals surface area contributed by atoms with Crippen molar-refractivity contribution in [3.63, 3.8) is 0 Å². The molecule has 0 aliphatic rings. The van der Waals surface area contributed by atoms with E-state index in [2.05, 4.69) is 11.7 Å². The van der Waals surface area contributed by atoms with Crippen LogP contribution in [0, 0.1) is 10.1 Å². The molecule has 0 unspecified atom stereocenters. The van der Waals surface area contributed by atoms with Crippen LogP contribution in [0.4, 0.5) is 5.69 Å². The summed E-state index contributed by atoms with van der Waals surface area (Å²) < 4.78 is 0. The van der Waals surface area contributed by atoms with E-state index in [4.69, 9.17) is 11.6 Å². The maximum Gasteiger partial charge on any atom is 0.270 e. The highest BCUT2D eigenvalue weighted by molar-refractivity contribution is 8.68. The molecule has 64 valence electrons. The Morgan fingerprint density at radius 1 is 1.58 bits per heavy atom. The molecule has 0 fully saturated rings. The normalized spacial score (nSPS) is 9.83. The summed E-state index contributed by atoms with van der Waals surface area (Å²) in [6.45, 7) is 0. The second-order valence-corrected chi connectivity index (χ2v) is 3.54. The van der Waals surface area contributed by atoms with E-state index in [0.29, 0.717) is 9.92 Å². The van der Waals surface area contributed by atoms with Crippen LogP contribution in [0.5, 0.6) is 0 Å². The number of benzene rings is 1. The molecule has 0 saturated heterocycles. The Labute approximate surface area is 83.1 Å². The van der Waals surface area contributed by atoms with Gasteiger partial charge in [0.25, 0.3) is 5.69 Å². The molecule has 0 spiro atoms. The number of halogens is 1. The van der Waals surface area contributed by atoms with Crippen LogP contribution in [0.25, 0.3) is 0 Å². The molecule has 0 aliphatic carbocycles. The highest BCUT2D eigenvalue weighted by Gasteiger charge is 2.08. The Morgan fingerprint density at radius 3 is 2.75 bits per heavy atom. The van der Waals surface area contributed by atoms with Crippen LogP contribution in [0.3, 0.4) is 0 Å². The summed E-state index contributed by atoms with van der Waals surface area (Å²) in [6.07, 6.45) is 0. The third-order valence-electron chi connectivity index (χ3n) is 1.22. The molecule has 0 aromatic heterocycles. The summed E-state index contributed by atoms with van der Waals surface area (Å²) in [5.74, 6) is 0. The maximum atomic E-state index is 10.3. The number of hydrogen-bond acceptors (Lipinski definition) is 4. The van der Waals surface area contributed by atoms with E-state index in [0.717, 1.165) is 10.8 Å². The van der Waals surface area contributed by atoms with E-state index in [-0.39, 0.29) is 5.69 Å². The first-order chi connectivity index (χ1) is 5.65. The highest BCUT2D eigenvalue weighted by atomic mass is 35.5. The average Bonchev–Trinajstić information content (AvgIpc) is 2.05. The zero-order valence-corrected chi connectivity index (χ0v) is 8.20. The SMILES string of the molecule is O=[N+]([O-])c1ccc(Cl)c(SS)c1. The molecule has 3 nitrogen and oxygen atoms in total. The van der Waals surface area contributed by atoms with Gasteiger partial charge in [-0.3, -0.25) is 10.1 Å². The zero-order valence-electron chi connectivity index (χ0n) is 5.73. The lowest BCUT2D eigenvalue weighted by molar-refractivity contribution is -0.385. The van der Waals surface area contributed by atoms with Gasteiger partial charge < -0.3 is 0 Å². The monoisotopic (exact) mass is 221 g/mol. The van der Waals surface area contributed by atoms with Crippen LogP contribution >= 0.6 is 34.1 Å². The molecule has 0 saturated carbocycles. The fraction of sp³-hybridized carbons (Fsp3) is 0. The van der Waals surface area contributed by atoms with Crippen molar-refractivity contribution in [3.8, 4) is 0 Å². The minimum atomic E-state index is -0.468. The number of nitro groups is 1. The van der Waals surface area contributed by atoms with Gasteiger partial charge in [-0.15, -0.1) is 11.7 Å². The van der Waals surface area contributed by atoms with Crippen molar-refractivity contribution in [1.82, 2.24) is 0 Å². The van der Waals surface area contributed by atoms with Crippen LogP contribution in [0.1, 0.15) is 0 Å². The van der Waals surface area contributed by atoms with Crippen molar-refractivity contribution in [3.05, 3.63) is 33.3 Å². The van der Waals surface area contributed by atoms with Gasteiger partial charge in [-0.05, 0) is 6.07 Å². The van der Waals surface area contributed by atoms with Crippen LogP contribution in [-0.2, 0) is 0 Å². The predicted octanol–water partition coefficient (Wildman–Crippen LogP) is 3.19. The molecular weight excluding hydrogens is 218 g/mol. The van der Waals surface area contributed by atoms with Gasteiger partial charge in [-0.25, -0.2) is 0 Å². The number of nitro benzene ring substituents is 1. The summed E-state index contributed by atoms with van der Waals surface area (Å²) in [4.78, 5) is 10.4. The molecular formula is C6H4ClNO2S2. The molecule has 1 aromatic carbocycles. The Bertz CT molecular complexity index is 318. The Balaban J connectivity index is 3.13. The standard InChI is InChI=1S/C6H4ClNO2S2/c7-5-2-1-4(8(9)10)3-6(5)12-11/h1-3,11H. The van der Waals surface area contributed by atoms with Crippen LogP contribution in [0.2, 0.25) is 5.02 Å². The van der Waals surface area contributed by atoms with Gasteiger partial charge in [0.05, 0.1) is 9.95 Å². The van der Waals surface area contributed by atoms with E-state index in [9.17, 15) is 10.1 Å². The molecule has 1 rings (SSSR count). The van der Waals surface area contributed by atoms with Gasteiger partial charge in [-0.2, -0.15) is 0 Å². The van der Waals surface area contributed by atoms with Crippen molar-refractivity contribution in [1.29, 1.82) is 0 Å². The lowest BCUT2D eigenvalue weighted by Gasteiger charge is -1.97. The first kappa shape index (κ1) is 9.70. The Kier molecular flexibility index (Phi) is 3.25. The zero-order chi connectivity index (χ0) is 9.14. The van der Waals surface area contributed by atoms with Crippen molar-refractivity contribution in [2.75, 3.05) is 0 Å². The summed E-state index contributed by atoms with van der Waals surface area (Å²) >= 11 is 9.61. The van der Waals surface area contributed by atoms with E-state index < -0.39 is 4.92 Å². The predicted molar refractivity (Wildman–Crippen MR) is 52.9 cm³/mol. The molecule has 0 amide bonds. The largest absolute Gasteiger partial charge is 0.270 e. The number of rotatable bonds is 2. The fourth-order valence-electron chi connectivity index (χ4n) is 0.676. The molecule has 0 heterocycles. The van der Waals surface area contributed by atoms with Crippen molar-refractivity contribution in [2.45, 2.75) is 4.90 Å². The molecule has 1 aromatic rings. The number of nitrogens with zero attached hydrogens (tertiary/aromatic N) is 1. The lowest BCUT2D eigenvalue weighted by Crippen LogP contribution is -1.87. The number of hydrogen-bond donors (Lipinski definition) is 1. The third kappa shape index (κ3) is 2.06. The first-order valence-electron chi connectivity index (χ1n) is 2.90. The summed E-state index contributed by atoms with van der Waals surface area (Å²) in [5.41, 5.74) is 0.0240. The molecule has 0 N–H and O–H groups in total. The smallest absolute Gasteiger partial charge is 0.258 e. The van der Waals surface area contributed by atoms with Gasteiger partial charge in [0.15, 0.2) is 0 Å². The van der Waals surface area contributed by atoms with Crippen molar-refractivity contribution in [2.24, 2.45) is 0 Å². The number of thiol groups is 1. The summed E-state index contributed by atoms with van der Waals surface area (Å²) in [6, 6.07) is 4.23. The molecule has 0 atom stereocenters. The van der Waals surface area contributed by atoms with E-state index in [1.54, 1.807) is 0 Å². The van der Waals surface area contributed by atoms with Crippen LogP contribution in [-0.4, -0.2) is 4.92 Å². The minimum Gasteiger partial charge on any atom is -0.258 e. The van der Waals surface area contributed by atoms with Crippen molar-refractivity contribution < 1.29 is 4.92 Å². The average molecular weight is 222 g/mol. The van der Waals surface area contributed by atoms with Gasteiger partial charge >= 0.3 is 0 Å². The Hall–Kier alpha value is -0.390. The van der Waals surface area contributed by atoms with Gasteiger partial charge in [0.1, 0.15) is 0 Å². The van der Waals surface area contributed by atoms with Gasteiger partial charge in [0, 0.05) is 17.0 Å². The topological polar surface area (TPSA) is 43.1 Å². The molecule has 6 heteroatoms. The second-order valence-electron chi connectivity index (χ2n) is 1.96.